The first-order valence-corrected chi connectivity index (χ1v) is 11.4. The van der Waals surface area contributed by atoms with Gasteiger partial charge < -0.3 is 9.47 Å². The molecule has 0 saturated carbocycles. The first kappa shape index (κ1) is 19.6. The van der Waals surface area contributed by atoms with Gasteiger partial charge in [0.2, 0.25) is 5.91 Å². The molecule has 1 aliphatic rings. The zero-order chi connectivity index (χ0) is 18.7. The first-order chi connectivity index (χ1) is 12.5. The number of aromatic nitrogens is 1. The van der Waals surface area contributed by atoms with E-state index in [1.807, 2.05) is 34.7 Å². The summed E-state index contributed by atoms with van der Waals surface area (Å²) in [4.78, 5) is 31.4. The topological polar surface area (TPSA) is 54.7 Å². The van der Waals surface area contributed by atoms with Gasteiger partial charge in [0.05, 0.1) is 21.7 Å². The van der Waals surface area contributed by atoms with E-state index in [1.165, 1.54) is 29.5 Å². The number of likely N-dealkylation sites (tertiary alicyclic amines) is 1. The Labute approximate surface area is 169 Å². The molecule has 1 aromatic heterocycles. The maximum Gasteiger partial charge on any atom is 0.258 e. The Balaban J connectivity index is 1.59. The Morgan fingerprint density at radius 1 is 1.35 bits per heavy atom. The van der Waals surface area contributed by atoms with E-state index in [0.29, 0.717) is 16.6 Å². The van der Waals surface area contributed by atoms with E-state index in [2.05, 4.69) is 27.8 Å². The molecule has 1 atom stereocenters. The third-order valence-corrected chi connectivity index (χ3v) is 7.06. The molecular weight excluding hydrogens is 434 g/mol. The van der Waals surface area contributed by atoms with Crippen LogP contribution in [0.1, 0.15) is 26.2 Å². The molecule has 140 valence electrons. The van der Waals surface area contributed by atoms with E-state index in [9.17, 15) is 9.59 Å². The van der Waals surface area contributed by atoms with E-state index in [1.54, 1.807) is 0 Å². The number of halogens is 1. The molecule has 1 saturated heterocycles. The summed E-state index contributed by atoms with van der Waals surface area (Å²) in [6.07, 6.45) is 3.34. The zero-order valence-corrected chi connectivity index (χ0v) is 18.1. The minimum Gasteiger partial charge on any atom is -0.339 e. The third-order valence-electron chi connectivity index (χ3n) is 4.57. The summed E-state index contributed by atoms with van der Waals surface area (Å²) in [6, 6.07) is 6.32. The van der Waals surface area contributed by atoms with Gasteiger partial charge in [-0.15, -0.1) is 11.8 Å². The van der Waals surface area contributed by atoms with Gasteiger partial charge in [0.25, 0.3) is 5.91 Å². The minimum absolute atomic E-state index is 0.132. The molecule has 2 aromatic rings. The highest BCUT2D eigenvalue weighted by molar-refractivity contribution is 9.10. The molecule has 1 fully saturated rings. The van der Waals surface area contributed by atoms with Gasteiger partial charge in [-0.2, -0.15) is 4.99 Å². The van der Waals surface area contributed by atoms with E-state index >= 15 is 0 Å². The molecule has 0 N–H and O–H groups in total. The number of hydrogen-bond acceptors (Lipinski definition) is 4. The molecule has 0 aliphatic carbocycles. The Morgan fingerprint density at radius 2 is 2.15 bits per heavy atom. The number of piperidine rings is 1. The van der Waals surface area contributed by atoms with Crippen molar-refractivity contribution in [1.82, 2.24) is 9.47 Å². The van der Waals surface area contributed by atoms with Crippen LogP contribution in [0.5, 0.6) is 0 Å². The second-order valence-corrected chi connectivity index (χ2v) is 9.40. The van der Waals surface area contributed by atoms with Crippen molar-refractivity contribution in [3.63, 3.8) is 0 Å². The second kappa shape index (κ2) is 8.71. The van der Waals surface area contributed by atoms with Gasteiger partial charge in [-0.25, -0.2) is 0 Å². The van der Waals surface area contributed by atoms with Gasteiger partial charge in [0.1, 0.15) is 0 Å². The molecular formula is C18H22BrN3O2S2. The van der Waals surface area contributed by atoms with Crippen molar-refractivity contribution in [3.05, 3.63) is 27.5 Å². The van der Waals surface area contributed by atoms with E-state index in [4.69, 9.17) is 0 Å². The predicted molar refractivity (Wildman–Crippen MR) is 111 cm³/mol. The summed E-state index contributed by atoms with van der Waals surface area (Å²) in [5.74, 6) is 0.506. The Hall–Kier alpha value is -1.12. The number of hydrogen-bond donors (Lipinski definition) is 0. The smallest absolute Gasteiger partial charge is 0.258 e. The normalized spacial score (nSPS) is 18.5. The van der Waals surface area contributed by atoms with Crippen molar-refractivity contribution in [3.8, 4) is 0 Å². The lowest BCUT2D eigenvalue weighted by Crippen LogP contribution is -2.43. The number of benzene rings is 1. The number of rotatable bonds is 4. The molecule has 1 unspecified atom stereocenters. The number of carbonyl (C=O) groups is 2. The molecule has 2 amide bonds. The highest BCUT2D eigenvalue weighted by atomic mass is 79.9. The lowest BCUT2D eigenvalue weighted by Gasteiger charge is -2.33. The molecule has 8 heteroatoms. The molecule has 3 rings (SSSR count). The summed E-state index contributed by atoms with van der Waals surface area (Å²) in [5.41, 5.74) is 1.05. The standard InChI is InChI=1S/C18H22BrN3O2S2/c1-12-5-3-4-8-22(12)17(24)11-25-10-16(23)20-18-21(2)14-7-6-13(19)9-15(14)26-18/h6-7,9,12H,3-5,8,10-11H2,1-2H3. The number of thiazole rings is 1. The van der Waals surface area contributed by atoms with Crippen LogP contribution in [0.2, 0.25) is 0 Å². The summed E-state index contributed by atoms with van der Waals surface area (Å²) >= 11 is 6.31. The number of carbonyl (C=O) groups excluding carboxylic acids is 2. The van der Waals surface area contributed by atoms with Crippen LogP contribution < -0.4 is 4.80 Å². The average Bonchev–Trinajstić information content (AvgIpc) is 2.90. The number of thioether (sulfide) groups is 1. The Kier molecular flexibility index (Phi) is 6.58. The van der Waals surface area contributed by atoms with Crippen LogP contribution in [0.15, 0.2) is 27.7 Å². The van der Waals surface area contributed by atoms with E-state index in [0.717, 1.165) is 34.1 Å². The fourth-order valence-electron chi connectivity index (χ4n) is 3.13. The van der Waals surface area contributed by atoms with Crippen LogP contribution >= 0.6 is 39.0 Å². The number of fused-ring (bicyclic) bond motifs is 1. The summed E-state index contributed by atoms with van der Waals surface area (Å²) < 4.78 is 4.01. The van der Waals surface area contributed by atoms with Crippen LogP contribution in [0.3, 0.4) is 0 Å². The maximum atomic E-state index is 12.3. The quantitative estimate of drug-likeness (QED) is 0.707. The fourth-order valence-corrected chi connectivity index (χ4v) is 5.40. The van der Waals surface area contributed by atoms with Crippen LogP contribution in [0.25, 0.3) is 10.2 Å². The van der Waals surface area contributed by atoms with Gasteiger partial charge in [-0.1, -0.05) is 27.3 Å². The monoisotopic (exact) mass is 455 g/mol. The van der Waals surface area contributed by atoms with Crippen molar-refractivity contribution >= 4 is 61.1 Å². The van der Waals surface area contributed by atoms with Crippen LogP contribution in [-0.4, -0.2) is 45.4 Å². The van der Waals surface area contributed by atoms with Crippen LogP contribution in [0, 0.1) is 0 Å². The van der Waals surface area contributed by atoms with E-state index in [-0.39, 0.29) is 17.6 Å². The Bertz CT molecular complexity index is 890. The van der Waals surface area contributed by atoms with E-state index < -0.39 is 0 Å². The fraction of sp³-hybridized carbons (Fsp3) is 0.500. The largest absolute Gasteiger partial charge is 0.339 e. The van der Waals surface area contributed by atoms with Gasteiger partial charge >= 0.3 is 0 Å². The maximum absolute atomic E-state index is 12.3. The van der Waals surface area contributed by atoms with Crippen molar-refractivity contribution in [2.75, 3.05) is 18.1 Å². The highest BCUT2D eigenvalue weighted by Crippen LogP contribution is 2.21. The number of amides is 2. The first-order valence-electron chi connectivity index (χ1n) is 8.65. The molecule has 26 heavy (non-hydrogen) atoms. The van der Waals surface area contributed by atoms with Crippen LogP contribution in [-0.2, 0) is 16.6 Å². The van der Waals surface area contributed by atoms with Crippen LogP contribution in [0.4, 0.5) is 0 Å². The second-order valence-electron chi connectivity index (χ2n) is 6.49. The van der Waals surface area contributed by atoms with Gasteiger partial charge in [0.15, 0.2) is 4.80 Å². The van der Waals surface area contributed by atoms with Gasteiger partial charge in [0, 0.05) is 24.1 Å². The number of nitrogens with zero attached hydrogens (tertiary/aromatic N) is 3. The predicted octanol–water partition coefficient (Wildman–Crippen LogP) is 3.56. The lowest BCUT2D eigenvalue weighted by atomic mass is 10.0. The summed E-state index contributed by atoms with van der Waals surface area (Å²) in [6.45, 7) is 2.94. The SMILES string of the molecule is CC1CCCCN1C(=O)CSCC(=O)N=c1sc2cc(Br)ccc2n1C. The Morgan fingerprint density at radius 3 is 2.92 bits per heavy atom. The van der Waals surface area contributed by atoms with Crippen molar-refractivity contribution in [2.24, 2.45) is 12.0 Å². The third kappa shape index (κ3) is 4.58. The number of aryl methyl sites for hydroxylation is 1. The zero-order valence-electron chi connectivity index (χ0n) is 14.9. The summed E-state index contributed by atoms with van der Waals surface area (Å²) in [5, 5.41) is 0. The minimum atomic E-state index is -0.198. The van der Waals surface area contributed by atoms with Crippen molar-refractivity contribution < 1.29 is 9.59 Å². The van der Waals surface area contributed by atoms with Crippen molar-refractivity contribution in [1.29, 1.82) is 0 Å². The summed E-state index contributed by atoms with van der Waals surface area (Å²) in [7, 11) is 1.91. The van der Waals surface area contributed by atoms with Gasteiger partial charge in [-0.3, -0.25) is 9.59 Å². The lowest BCUT2D eigenvalue weighted by molar-refractivity contribution is -0.131. The molecule has 1 aliphatic heterocycles. The molecule has 5 nitrogen and oxygen atoms in total. The molecule has 0 bridgehead atoms. The van der Waals surface area contributed by atoms with Gasteiger partial charge in [-0.05, 0) is 44.4 Å². The molecule has 0 spiro atoms. The molecule has 0 radical (unpaired) electrons. The molecule has 1 aromatic carbocycles. The highest BCUT2D eigenvalue weighted by Gasteiger charge is 2.22. The average molecular weight is 456 g/mol. The van der Waals surface area contributed by atoms with Crippen molar-refractivity contribution in [2.45, 2.75) is 32.2 Å². The molecule has 2 heterocycles.